The van der Waals surface area contributed by atoms with Crippen LogP contribution in [0.2, 0.25) is 0 Å². The third-order valence-electron chi connectivity index (χ3n) is 2.44. The number of fused-ring (bicyclic) bond motifs is 1. The summed E-state index contributed by atoms with van der Waals surface area (Å²) < 4.78 is 28.2. The first kappa shape index (κ1) is 12.6. The highest BCUT2D eigenvalue weighted by Gasteiger charge is 2.15. The van der Waals surface area contributed by atoms with E-state index in [1.54, 1.807) is 24.3 Å². The molecule has 0 fully saturated rings. The molecule has 0 aliphatic heterocycles. The molecule has 1 heterocycles. The molecule has 0 amide bonds. The smallest absolute Gasteiger partial charge is 0.282 e. The number of hydrogen-bond donors (Lipinski definition) is 0. The van der Waals surface area contributed by atoms with Gasteiger partial charge in [0.15, 0.2) is 0 Å². The normalized spacial score (nSPS) is 11.7. The number of hydrogen-bond acceptors (Lipinski definition) is 5. The molecule has 0 saturated carbocycles. The largest absolute Gasteiger partial charge is 0.326 e. The van der Waals surface area contributed by atoms with Gasteiger partial charge in [-0.3, -0.25) is 9.08 Å². The SMILES string of the molecule is CCS(=O)(=O)On1c(C)nc2ccccc2c1=O. The highest BCUT2D eigenvalue weighted by atomic mass is 32.2. The monoisotopic (exact) mass is 268 g/mol. The lowest BCUT2D eigenvalue weighted by molar-refractivity contribution is 0.257. The van der Waals surface area contributed by atoms with Gasteiger partial charge >= 0.3 is 10.1 Å². The standard InChI is InChI=1S/C11H12N2O4S/c1-3-18(15,16)17-13-8(2)12-10-7-5-4-6-9(10)11(13)14/h4-7H,3H2,1-2H3. The molecule has 0 radical (unpaired) electrons. The van der Waals surface area contributed by atoms with Crippen molar-refractivity contribution in [1.29, 1.82) is 0 Å². The van der Waals surface area contributed by atoms with Crippen LogP contribution in [0.3, 0.4) is 0 Å². The molecule has 0 aliphatic carbocycles. The van der Waals surface area contributed by atoms with E-state index in [-0.39, 0.29) is 11.6 Å². The van der Waals surface area contributed by atoms with Crippen LogP contribution >= 0.6 is 0 Å². The molecule has 1 aromatic heterocycles. The van der Waals surface area contributed by atoms with Crippen LogP contribution in [0.25, 0.3) is 10.9 Å². The molecular weight excluding hydrogens is 256 g/mol. The topological polar surface area (TPSA) is 78.3 Å². The number of benzene rings is 1. The Morgan fingerprint density at radius 2 is 2.00 bits per heavy atom. The molecule has 2 aromatic rings. The minimum Gasteiger partial charge on any atom is -0.282 e. The van der Waals surface area contributed by atoms with Crippen LogP contribution < -0.4 is 9.84 Å². The summed E-state index contributed by atoms with van der Waals surface area (Å²) in [5.74, 6) is -0.0261. The number of rotatable bonds is 3. The van der Waals surface area contributed by atoms with Gasteiger partial charge in [0.05, 0.1) is 16.7 Å². The van der Waals surface area contributed by atoms with Crippen molar-refractivity contribution in [2.75, 3.05) is 5.75 Å². The molecule has 0 spiro atoms. The predicted octanol–water partition coefficient (Wildman–Crippen LogP) is 0.483. The maximum atomic E-state index is 12.1. The van der Waals surface area contributed by atoms with E-state index in [0.29, 0.717) is 15.6 Å². The summed E-state index contributed by atoms with van der Waals surface area (Å²) in [6, 6.07) is 6.69. The van der Waals surface area contributed by atoms with Gasteiger partial charge in [0.2, 0.25) is 0 Å². The van der Waals surface area contributed by atoms with Gasteiger partial charge in [0.25, 0.3) is 5.56 Å². The fourth-order valence-electron chi connectivity index (χ4n) is 1.48. The second kappa shape index (κ2) is 4.41. The summed E-state index contributed by atoms with van der Waals surface area (Å²) in [6.45, 7) is 2.95. The van der Waals surface area contributed by atoms with Crippen molar-refractivity contribution in [2.45, 2.75) is 13.8 Å². The van der Waals surface area contributed by atoms with Crippen molar-refractivity contribution in [3.63, 3.8) is 0 Å². The van der Waals surface area contributed by atoms with E-state index < -0.39 is 15.7 Å². The Balaban J connectivity index is 2.69. The van der Waals surface area contributed by atoms with Crippen LogP contribution in [0.1, 0.15) is 12.7 Å². The molecule has 7 heteroatoms. The fraction of sp³-hybridized carbons (Fsp3) is 0.273. The number of para-hydroxylation sites is 1. The summed E-state index contributed by atoms with van der Waals surface area (Å²) in [7, 11) is -3.76. The van der Waals surface area contributed by atoms with E-state index in [4.69, 9.17) is 4.28 Å². The van der Waals surface area contributed by atoms with E-state index >= 15 is 0 Å². The van der Waals surface area contributed by atoms with Crippen LogP contribution in [0, 0.1) is 6.92 Å². The lowest BCUT2D eigenvalue weighted by atomic mass is 10.2. The average molecular weight is 268 g/mol. The highest BCUT2D eigenvalue weighted by Crippen LogP contribution is 2.07. The van der Waals surface area contributed by atoms with E-state index in [1.807, 2.05) is 0 Å². The van der Waals surface area contributed by atoms with E-state index in [0.717, 1.165) is 0 Å². The van der Waals surface area contributed by atoms with Gasteiger partial charge in [-0.05, 0) is 26.0 Å². The molecule has 6 nitrogen and oxygen atoms in total. The fourth-order valence-corrected chi connectivity index (χ4v) is 1.99. The van der Waals surface area contributed by atoms with Crippen LogP contribution in [0.15, 0.2) is 29.1 Å². The Morgan fingerprint density at radius 1 is 1.33 bits per heavy atom. The Labute approximate surface area is 104 Å². The quantitative estimate of drug-likeness (QED) is 0.809. The third kappa shape index (κ3) is 2.21. The molecule has 1 aromatic carbocycles. The van der Waals surface area contributed by atoms with Gasteiger partial charge < -0.3 is 0 Å². The van der Waals surface area contributed by atoms with Gasteiger partial charge in [-0.15, -0.1) is 4.73 Å². The van der Waals surface area contributed by atoms with Gasteiger partial charge in [-0.2, -0.15) is 8.42 Å². The summed E-state index contributed by atoms with van der Waals surface area (Å²) in [4.78, 5) is 16.2. The Kier molecular flexibility index (Phi) is 3.08. The minimum absolute atomic E-state index is 0.190. The number of nitrogens with zero attached hydrogens (tertiary/aromatic N) is 2. The van der Waals surface area contributed by atoms with E-state index in [2.05, 4.69) is 4.98 Å². The minimum atomic E-state index is -3.76. The molecule has 0 unspecified atom stereocenters. The van der Waals surface area contributed by atoms with Crippen molar-refractivity contribution in [1.82, 2.24) is 9.71 Å². The molecular formula is C11H12N2O4S. The molecule has 18 heavy (non-hydrogen) atoms. The zero-order chi connectivity index (χ0) is 13.3. The molecule has 96 valence electrons. The van der Waals surface area contributed by atoms with Crippen LogP contribution in [-0.4, -0.2) is 23.9 Å². The van der Waals surface area contributed by atoms with E-state index in [9.17, 15) is 13.2 Å². The highest BCUT2D eigenvalue weighted by molar-refractivity contribution is 7.86. The first-order valence-electron chi connectivity index (χ1n) is 5.35. The first-order valence-corrected chi connectivity index (χ1v) is 6.93. The van der Waals surface area contributed by atoms with Crippen LogP contribution in [0.5, 0.6) is 0 Å². The van der Waals surface area contributed by atoms with Gasteiger partial charge in [-0.1, -0.05) is 12.1 Å². The average Bonchev–Trinajstić information content (AvgIpc) is 2.34. The van der Waals surface area contributed by atoms with Gasteiger partial charge in [0.1, 0.15) is 5.82 Å². The molecule has 0 atom stereocenters. The zero-order valence-electron chi connectivity index (χ0n) is 9.95. The molecule has 0 aliphatic rings. The zero-order valence-corrected chi connectivity index (χ0v) is 10.8. The summed E-state index contributed by atoms with van der Waals surface area (Å²) >= 11 is 0. The van der Waals surface area contributed by atoms with Crippen LogP contribution in [0.4, 0.5) is 0 Å². The second-order valence-corrected chi connectivity index (χ2v) is 5.54. The second-order valence-electron chi connectivity index (χ2n) is 3.70. The molecule has 0 bridgehead atoms. The van der Waals surface area contributed by atoms with Crippen LogP contribution in [-0.2, 0) is 10.1 Å². The molecule has 2 rings (SSSR count). The Hall–Kier alpha value is -1.89. The lowest BCUT2D eigenvalue weighted by Crippen LogP contribution is -2.34. The van der Waals surface area contributed by atoms with Gasteiger partial charge in [-0.25, -0.2) is 4.98 Å². The molecule has 0 saturated heterocycles. The number of aromatic nitrogens is 2. The maximum Gasteiger partial charge on any atom is 0.326 e. The van der Waals surface area contributed by atoms with Crippen molar-refractivity contribution in [3.8, 4) is 0 Å². The van der Waals surface area contributed by atoms with Gasteiger partial charge in [0, 0.05) is 0 Å². The summed E-state index contributed by atoms with van der Waals surface area (Å²) in [5.41, 5.74) is -0.0242. The Bertz CT molecular complexity index is 749. The van der Waals surface area contributed by atoms with Crippen molar-refractivity contribution in [3.05, 3.63) is 40.4 Å². The van der Waals surface area contributed by atoms with E-state index in [1.165, 1.54) is 13.8 Å². The Morgan fingerprint density at radius 3 is 2.67 bits per heavy atom. The van der Waals surface area contributed by atoms with Crippen molar-refractivity contribution < 1.29 is 12.7 Å². The first-order chi connectivity index (χ1) is 8.44. The predicted molar refractivity (Wildman–Crippen MR) is 66.8 cm³/mol. The summed E-state index contributed by atoms with van der Waals surface area (Å²) in [6.07, 6.45) is 0. The molecule has 0 N–H and O–H groups in total. The van der Waals surface area contributed by atoms with Crippen molar-refractivity contribution in [2.24, 2.45) is 0 Å². The lowest BCUT2D eigenvalue weighted by Gasteiger charge is -2.10. The summed E-state index contributed by atoms with van der Waals surface area (Å²) in [5, 5.41) is 0.314. The maximum absolute atomic E-state index is 12.1. The third-order valence-corrected chi connectivity index (χ3v) is 3.52. The number of aryl methyl sites for hydroxylation is 1. The van der Waals surface area contributed by atoms with Crippen molar-refractivity contribution >= 4 is 21.0 Å².